The molecule has 0 saturated heterocycles. The highest BCUT2D eigenvalue weighted by Gasteiger charge is 2.30. The van der Waals surface area contributed by atoms with E-state index in [2.05, 4.69) is 20.6 Å². The second kappa shape index (κ2) is 10.7. The molecule has 12 heteroatoms. The first-order chi connectivity index (χ1) is 14.7. The lowest BCUT2D eigenvalue weighted by atomic mass is 10.0. The molecule has 0 radical (unpaired) electrons. The van der Waals surface area contributed by atoms with Crippen LogP contribution in [0.1, 0.15) is 17.7 Å². The molecule has 1 aromatic carbocycles. The van der Waals surface area contributed by atoms with Crippen LogP contribution in [0.2, 0.25) is 0 Å². The first-order valence-corrected chi connectivity index (χ1v) is 9.21. The molecule has 0 aliphatic heterocycles. The van der Waals surface area contributed by atoms with Crippen LogP contribution in [0, 0.1) is 0 Å². The number of aliphatic carboxylic acids is 2. The fourth-order valence-corrected chi connectivity index (χ4v) is 2.73. The van der Waals surface area contributed by atoms with Crippen molar-refractivity contribution < 1.29 is 34.5 Å². The number of H-pyrrole nitrogens is 1. The molecule has 0 spiro atoms. The van der Waals surface area contributed by atoms with E-state index in [4.69, 9.17) is 10.8 Å². The van der Waals surface area contributed by atoms with Gasteiger partial charge in [-0.05, 0) is 17.7 Å². The molecule has 1 aromatic heterocycles. The molecule has 2 rings (SSSR count). The lowest BCUT2D eigenvalue weighted by molar-refractivity contribution is -0.143. The second-order valence-corrected chi connectivity index (χ2v) is 6.82. The number of nitrogens with two attached hydrogens (primary N) is 1. The van der Waals surface area contributed by atoms with E-state index in [1.165, 1.54) is 36.8 Å². The quantitative estimate of drug-likeness (QED) is 0.226. The van der Waals surface area contributed by atoms with Gasteiger partial charge in [-0.15, -0.1) is 0 Å². The van der Waals surface area contributed by atoms with Gasteiger partial charge in [-0.3, -0.25) is 14.4 Å². The smallest absolute Gasteiger partial charge is 0.326 e. The number of imidazole rings is 1. The van der Waals surface area contributed by atoms with Crippen LogP contribution in [0.15, 0.2) is 36.8 Å². The van der Waals surface area contributed by atoms with Crippen LogP contribution in [0.25, 0.3) is 0 Å². The molecule has 166 valence electrons. The summed E-state index contributed by atoms with van der Waals surface area (Å²) in [5.74, 6) is -4.47. The number of aromatic nitrogens is 2. The largest absolute Gasteiger partial charge is 0.508 e. The molecule has 0 saturated carbocycles. The second-order valence-electron chi connectivity index (χ2n) is 6.82. The molecule has 0 aliphatic rings. The van der Waals surface area contributed by atoms with Crippen LogP contribution < -0.4 is 16.4 Å². The van der Waals surface area contributed by atoms with Crippen LogP contribution in [-0.4, -0.2) is 67.2 Å². The van der Waals surface area contributed by atoms with Crippen molar-refractivity contribution in [1.29, 1.82) is 0 Å². The number of carbonyl (C=O) groups excluding carboxylic acids is 2. The molecule has 1 heterocycles. The molecule has 2 amide bonds. The molecule has 3 atom stereocenters. The number of hydrogen-bond donors (Lipinski definition) is 7. The highest BCUT2D eigenvalue weighted by molar-refractivity contribution is 5.94. The van der Waals surface area contributed by atoms with Gasteiger partial charge in [-0.2, -0.15) is 0 Å². The molecule has 8 N–H and O–H groups in total. The number of amides is 2. The Bertz CT molecular complexity index is 914. The highest BCUT2D eigenvalue weighted by Crippen LogP contribution is 2.12. The number of carbonyl (C=O) groups is 4. The zero-order chi connectivity index (χ0) is 23.0. The first-order valence-electron chi connectivity index (χ1n) is 9.21. The fraction of sp³-hybridized carbons (Fsp3) is 0.316. The van der Waals surface area contributed by atoms with E-state index in [1.54, 1.807) is 0 Å². The number of aromatic amines is 1. The van der Waals surface area contributed by atoms with Crippen LogP contribution in [-0.2, 0) is 32.0 Å². The van der Waals surface area contributed by atoms with Gasteiger partial charge in [0, 0.05) is 24.7 Å². The fourth-order valence-electron chi connectivity index (χ4n) is 2.73. The number of nitrogens with zero attached hydrogens (tertiary/aromatic N) is 1. The molecular weight excluding hydrogens is 410 g/mol. The summed E-state index contributed by atoms with van der Waals surface area (Å²) in [6, 6.07) is 1.71. The summed E-state index contributed by atoms with van der Waals surface area (Å²) < 4.78 is 0. The maximum atomic E-state index is 12.6. The summed E-state index contributed by atoms with van der Waals surface area (Å²) in [6.07, 6.45) is 2.07. The van der Waals surface area contributed by atoms with Crippen molar-refractivity contribution in [1.82, 2.24) is 20.6 Å². The number of phenolic OH excluding ortho intramolecular Hbond substituents is 1. The number of nitrogens with one attached hydrogen (secondary N) is 3. The minimum absolute atomic E-state index is 0.00429. The summed E-state index contributed by atoms with van der Waals surface area (Å²) >= 11 is 0. The molecule has 0 unspecified atom stereocenters. The van der Waals surface area contributed by atoms with E-state index in [0.29, 0.717) is 11.3 Å². The van der Waals surface area contributed by atoms with Gasteiger partial charge in [0.2, 0.25) is 11.8 Å². The normalized spacial score (nSPS) is 13.6. The summed E-state index contributed by atoms with van der Waals surface area (Å²) in [5, 5.41) is 32.3. The Kier molecular flexibility index (Phi) is 8.09. The molecule has 0 fully saturated rings. The summed E-state index contributed by atoms with van der Waals surface area (Å²) in [4.78, 5) is 54.2. The third-order valence-corrected chi connectivity index (χ3v) is 4.33. The number of carboxylic acid groups (broad SMARTS) is 2. The maximum absolute atomic E-state index is 12.6. The third kappa shape index (κ3) is 7.44. The molecule has 31 heavy (non-hydrogen) atoms. The van der Waals surface area contributed by atoms with E-state index in [1.807, 2.05) is 0 Å². The Balaban J connectivity index is 2.05. The van der Waals surface area contributed by atoms with Gasteiger partial charge >= 0.3 is 11.9 Å². The van der Waals surface area contributed by atoms with Gasteiger partial charge in [0.15, 0.2) is 0 Å². The Hall–Kier alpha value is -3.93. The number of phenols is 1. The van der Waals surface area contributed by atoms with Crippen LogP contribution in [0.4, 0.5) is 0 Å². The van der Waals surface area contributed by atoms with Crippen molar-refractivity contribution in [2.45, 2.75) is 37.4 Å². The van der Waals surface area contributed by atoms with Gasteiger partial charge in [-0.25, -0.2) is 9.78 Å². The zero-order valence-corrected chi connectivity index (χ0v) is 16.3. The van der Waals surface area contributed by atoms with Crippen molar-refractivity contribution in [2.24, 2.45) is 5.73 Å². The highest BCUT2D eigenvalue weighted by atomic mass is 16.4. The summed E-state index contributed by atoms with van der Waals surface area (Å²) in [6.45, 7) is 0. The topological polar surface area (TPSA) is 208 Å². The number of carboxylic acids is 2. The number of aromatic hydroxyl groups is 1. The average Bonchev–Trinajstić information content (AvgIpc) is 3.21. The van der Waals surface area contributed by atoms with Crippen molar-refractivity contribution in [3.8, 4) is 5.75 Å². The Morgan fingerprint density at radius 3 is 2.19 bits per heavy atom. The SMILES string of the molecule is N[C@@H](Cc1cnc[nH]1)C(=O)N[C@@H](CC(=O)O)C(=O)N[C@@H](Cc1ccc(O)cc1)C(=O)O. The van der Waals surface area contributed by atoms with Gasteiger partial charge in [0.25, 0.3) is 0 Å². The minimum Gasteiger partial charge on any atom is -0.508 e. The third-order valence-electron chi connectivity index (χ3n) is 4.33. The van der Waals surface area contributed by atoms with Crippen LogP contribution in [0.5, 0.6) is 5.75 Å². The number of rotatable bonds is 11. The van der Waals surface area contributed by atoms with Gasteiger partial charge in [0.1, 0.15) is 17.8 Å². The lowest BCUT2D eigenvalue weighted by Gasteiger charge is -2.22. The van der Waals surface area contributed by atoms with Gasteiger partial charge in [-0.1, -0.05) is 12.1 Å². The van der Waals surface area contributed by atoms with Crippen molar-refractivity contribution in [2.75, 3.05) is 0 Å². The standard InChI is InChI=1S/C19H23N5O7/c20-13(6-11-8-21-9-22-11)17(28)23-14(7-16(26)27)18(29)24-15(19(30)31)5-10-1-3-12(25)4-2-10/h1-4,8-9,13-15,25H,5-7,20H2,(H,21,22)(H,23,28)(H,24,29)(H,26,27)(H,30,31)/t13-,14-,15-/m0/s1. The van der Waals surface area contributed by atoms with Gasteiger partial charge < -0.3 is 36.7 Å². The van der Waals surface area contributed by atoms with E-state index in [0.717, 1.165) is 0 Å². The van der Waals surface area contributed by atoms with Gasteiger partial charge in [0.05, 0.1) is 18.8 Å². The maximum Gasteiger partial charge on any atom is 0.326 e. The van der Waals surface area contributed by atoms with E-state index in [9.17, 15) is 29.4 Å². The van der Waals surface area contributed by atoms with E-state index < -0.39 is 48.3 Å². The zero-order valence-electron chi connectivity index (χ0n) is 16.3. The summed E-state index contributed by atoms with van der Waals surface area (Å²) in [5.41, 5.74) is 6.89. The Labute approximate surface area is 176 Å². The molecular formula is C19H23N5O7. The number of benzene rings is 1. The molecule has 0 aliphatic carbocycles. The summed E-state index contributed by atoms with van der Waals surface area (Å²) in [7, 11) is 0. The van der Waals surface area contributed by atoms with E-state index in [-0.39, 0.29) is 18.6 Å². The first kappa shape index (κ1) is 23.3. The van der Waals surface area contributed by atoms with E-state index >= 15 is 0 Å². The number of hydrogen-bond acceptors (Lipinski definition) is 7. The monoisotopic (exact) mass is 433 g/mol. The Morgan fingerprint density at radius 1 is 1.00 bits per heavy atom. The van der Waals surface area contributed by atoms with Crippen molar-refractivity contribution >= 4 is 23.8 Å². The van der Waals surface area contributed by atoms with Crippen molar-refractivity contribution in [3.05, 3.63) is 48.0 Å². The van der Waals surface area contributed by atoms with Crippen LogP contribution in [0.3, 0.4) is 0 Å². The average molecular weight is 433 g/mol. The predicted molar refractivity (Wildman–Crippen MR) is 106 cm³/mol. The van der Waals surface area contributed by atoms with Crippen molar-refractivity contribution in [3.63, 3.8) is 0 Å². The molecule has 0 bridgehead atoms. The minimum atomic E-state index is -1.53. The predicted octanol–water partition coefficient (Wildman–Crippen LogP) is -1.24. The Morgan fingerprint density at radius 2 is 1.65 bits per heavy atom. The molecule has 2 aromatic rings. The lowest BCUT2D eigenvalue weighted by Crippen LogP contribution is -2.55. The molecule has 12 nitrogen and oxygen atoms in total. The van der Waals surface area contributed by atoms with Crippen LogP contribution >= 0.6 is 0 Å².